The Bertz CT molecular complexity index is 1010. The van der Waals surface area contributed by atoms with E-state index in [1.165, 1.54) is 0 Å². The molecule has 0 aliphatic heterocycles. The van der Waals surface area contributed by atoms with Crippen LogP contribution in [0.3, 0.4) is 0 Å². The van der Waals surface area contributed by atoms with Crippen LogP contribution in [0.1, 0.15) is 93.6 Å². The molecular weight excluding hydrogens is 552 g/mol. The first-order chi connectivity index (χ1) is 19.8. The molecule has 0 spiro atoms. The van der Waals surface area contributed by atoms with E-state index in [-0.39, 0.29) is 12.5 Å². The van der Waals surface area contributed by atoms with Crippen molar-refractivity contribution in [1.29, 1.82) is 0 Å². The molecule has 0 fully saturated rings. The fraction of sp³-hybridized carbons (Fsp3) is 0.656. The summed E-state index contributed by atoms with van der Waals surface area (Å²) >= 11 is 0. The van der Waals surface area contributed by atoms with Crippen LogP contribution in [0, 0.1) is 5.92 Å². The van der Waals surface area contributed by atoms with Crippen molar-refractivity contribution in [3.63, 3.8) is 0 Å². The van der Waals surface area contributed by atoms with Crippen molar-refractivity contribution < 1.29 is 33.4 Å². The molecule has 0 aliphatic rings. The summed E-state index contributed by atoms with van der Waals surface area (Å²) in [7, 11) is 0. The van der Waals surface area contributed by atoms with Crippen molar-refractivity contribution in [2.75, 3.05) is 19.6 Å². The van der Waals surface area contributed by atoms with Gasteiger partial charge in [0.1, 0.15) is 16.8 Å². The largest absolute Gasteiger partial charge is 0.444 e. The Morgan fingerprint density at radius 1 is 0.674 bits per heavy atom. The number of ether oxygens (including phenoxy) is 3. The number of benzene rings is 1. The lowest BCUT2D eigenvalue weighted by atomic mass is 9.93. The van der Waals surface area contributed by atoms with E-state index in [0.717, 1.165) is 5.56 Å². The van der Waals surface area contributed by atoms with Gasteiger partial charge in [0.05, 0.1) is 5.92 Å². The molecule has 0 unspecified atom stereocenters. The maximum absolute atomic E-state index is 13.4. The standard InChI is InChI=1S/C32H53N4O7/c1-30(2,3)41-27(38)33-19-13-17-24(21-23-15-11-10-12-16-23)26(37)35-22-25(36-29(40)43-32(7,8)9)18-14-20-34-28(39)42-31(4,5)6/h10-12,15-16,25H,13-14,17-22H2,1-9H3,(H,33,38)(H,34,39)(H,35,37)(H,36,40)/t25-/m0/s1. The van der Waals surface area contributed by atoms with E-state index in [1.807, 2.05) is 30.3 Å². The highest BCUT2D eigenvalue weighted by molar-refractivity contribution is 5.90. The van der Waals surface area contributed by atoms with Gasteiger partial charge in [0.15, 0.2) is 0 Å². The Morgan fingerprint density at radius 3 is 1.67 bits per heavy atom. The molecule has 0 bridgehead atoms. The van der Waals surface area contributed by atoms with Crippen LogP contribution in [0.4, 0.5) is 14.4 Å². The highest BCUT2D eigenvalue weighted by atomic mass is 16.6. The average Bonchev–Trinajstić information content (AvgIpc) is 2.84. The summed E-state index contributed by atoms with van der Waals surface area (Å²) < 4.78 is 16.0. The van der Waals surface area contributed by atoms with Gasteiger partial charge in [-0.3, -0.25) is 4.79 Å². The number of hydrogen-bond donors (Lipinski definition) is 4. The van der Waals surface area contributed by atoms with E-state index in [1.54, 1.807) is 62.3 Å². The lowest BCUT2D eigenvalue weighted by Gasteiger charge is -2.25. The maximum atomic E-state index is 13.4. The Kier molecular flexibility index (Phi) is 15.3. The second-order valence-electron chi connectivity index (χ2n) is 13.4. The van der Waals surface area contributed by atoms with Crippen molar-refractivity contribution in [2.45, 2.75) is 117 Å². The molecule has 1 rings (SSSR count). The zero-order valence-corrected chi connectivity index (χ0v) is 27.5. The van der Waals surface area contributed by atoms with Crippen LogP contribution in [0.2, 0.25) is 0 Å². The first-order valence-corrected chi connectivity index (χ1v) is 14.9. The van der Waals surface area contributed by atoms with Crippen LogP contribution < -0.4 is 21.3 Å². The number of carbonyl (C=O) groups excluding carboxylic acids is 4. The summed E-state index contributed by atoms with van der Waals surface area (Å²) in [5.74, 6) is 0.420. The predicted octanol–water partition coefficient (Wildman–Crippen LogP) is 5.42. The fourth-order valence-electron chi connectivity index (χ4n) is 3.82. The summed E-state index contributed by atoms with van der Waals surface area (Å²) in [6, 6.07) is 9.22. The molecule has 1 aromatic carbocycles. The van der Waals surface area contributed by atoms with Crippen LogP contribution in [-0.2, 0) is 25.4 Å². The van der Waals surface area contributed by atoms with E-state index in [4.69, 9.17) is 14.2 Å². The van der Waals surface area contributed by atoms with Gasteiger partial charge in [0.25, 0.3) is 0 Å². The minimum Gasteiger partial charge on any atom is -0.444 e. The third-order valence-electron chi connectivity index (χ3n) is 5.53. The first-order valence-electron chi connectivity index (χ1n) is 14.9. The quantitative estimate of drug-likeness (QED) is 0.164. The third-order valence-corrected chi connectivity index (χ3v) is 5.53. The molecule has 0 saturated carbocycles. The number of rotatable bonds is 14. The van der Waals surface area contributed by atoms with Crippen LogP contribution in [-0.4, -0.2) is 66.7 Å². The molecule has 1 aromatic rings. The van der Waals surface area contributed by atoms with Crippen molar-refractivity contribution in [3.05, 3.63) is 41.8 Å². The van der Waals surface area contributed by atoms with Gasteiger partial charge in [-0.05, 0) is 100.0 Å². The van der Waals surface area contributed by atoms with Crippen molar-refractivity contribution in [2.24, 2.45) is 0 Å². The van der Waals surface area contributed by atoms with E-state index in [9.17, 15) is 19.2 Å². The topological polar surface area (TPSA) is 144 Å². The van der Waals surface area contributed by atoms with Gasteiger partial charge < -0.3 is 35.5 Å². The molecule has 0 aromatic heterocycles. The number of hydrogen-bond acceptors (Lipinski definition) is 7. The number of amides is 4. The zero-order valence-electron chi connectivity index (χ0n) is 27.5. The Hall–Kier alpha value is -3.50. The fourth-order valence-corrected chi connectivity index (χ4v) is 3.82. The second-order valence-corrected chi connectivity index (χ2v) is 13.4. The molecule has 43 heavy (non-hydrogen) atoms. The second kappa shape index (κ2) is 17.6. The molecular formula is C32H53N4O7. The molecule has 243 valence electrons. The highest BCUT2D eigenvalue weighted by Crippen LogP contribution is 2.17. The minimum atomic E-state index is -0.680. The Labute approximate surface area is 257 Å². The normalized spacial score (nSPS) is 12.6. The van der Waals surface area contributed by atoms with E-state index >= 15 is 0 Å². The highest BCUT2D eigenvalue weighted by Gasteiger charge is 2.24. The maximum Gasteiger partial charge on any atom is 0.407 e. The van der Waals surface area contributed by atoms with Crippen LogP contribution in [0.5, 0.6) is 0 Å². The first kappa shape index (κ1) is 37.5. The molecule has 4 N–H and O–H groups in total. The molecule has 4 amide bonds. The summed E-state index contributed by atoms with van der Waals surface area (Å²) in [6.07, 6.45) is 0.857. The summed E-state index contributed by atoms with van der Waals surface area (Å²) in [6.45, 7) is 16.9. The van der Waals surface area contributed by atoms with Gasteiger partial charge in [-0.15, -0.1) is 0 Å². The SMILES string of the molecule is CC(C)(C)OC(=O)NCCC[C](Cc1ccccc1)C(=O)NC[C@H](CCCNC(=O)OC(C)(C)C)NC(=O)OC(C)(C)C. The molecule has 0 heterocycles. The molecule has 11 heteroatoms. The molecule has 11 nitrogen and oxygen atoms in total. The van der Waals surface area contributed by atoms with Gasteiger partial charge in [0.2, 0.25) is 5.91 Å². The van der Waals surface area contributed by atoms with Crippen molar-refractivity contribution in [1.82, 2.24) is 21.3 Å². The van der Waals surface area contributed by atoms with Crippen molar-refractivity contribution >= 4 is 24.2 Å². The van der Waals surface area contributed by atoms with Gasteiger partial charge in [-0.2, -0.15) is 0 Å². The van der Waals surface area contributed by atoms with E-state index < -0.39 is 41.1 Å². The van der Waals surface area contributed by atoms with Crippen molar-refractivity contribution in [3.8, 4) is 0 Å². The van der Waals surface area contributed by atoms with E-state index in [2.05, 4.69) is 21.3 Å². The molecule has 1 radical (unpaired) electrons. The van der Waals surface area contributed by atoms with Crippen LogP contribution >= 0.6 is 0 Å². The summed E-state index contributed by atoms with van der Waals surface area (Å²) in [5, 5.41) is 11.2. The number of nitrogens with one attached hydrogen (secondary N) is 4. The van der Waals surface area contributed by atoms with Gasteiger partial charge in [0, 0.05) is 25.7 Å². The van der Waals surface area contributed by atoms with Gasteiger partial charge in [-0.25, -0.2) is 14.4 Å². The summed E-state index contributed by atoms with van der Waals surface area (Å²) in [5.41, 5.74) is -0.886. The van der Waals surface area contributed by atoms with Gasteiger partial charge >= 0.3 is 18.3 Å². The van der Waals surface area contributed by atoms with Crippen LogP contribution in [0.15, 0.2) is 30.3 Å². The smallest absolute Gasteiger partial charge is 0.407 e. The van der Waals surface area contributed by atoms with Gasteiger partial charge in [-0.1, -0.05) is 30.3 Å². The third kappa shape index (κ3) is 20.1. The average molecular weight is 606 g/mol. The predicted molar refractivity (Wildman–Crippen MR) is 166 cm³/mol. The molecule has 1 atom stereocenters. The summed E-state index contributed by atoms with van der Waals surface area (Å²) in [4.78, 5) is 49.8. The van der Waals surface area contributed by atoms with Crippen LogP contribution in [0.25, 0.3) is 0 Å². The zero-order chi connectivity index (χ0) is 32.7. The molecule has 0 saturated heterocycles. The van der Waals surface area contributed by atoms with E-state index in [0.29, 0.717) is 51.1 Å². The monoisotopic (exact) mass is 605 g/mol. The lowest BCUT2D eigenvalue weighted by Crippen LogP contribution is -2.46. The Morgan fingerprint density at radius 2 is 1.16 bits per heavy atom. The number of alkyl carbamates (subject to hydrolysis) is 3. The molecule has 0 aliphatic carbocycles. The number of carbonyl (C=O) groups is 4. The minimum absolute atomic E-state index is 0.166. The lowest BCUT2D eigenvalue weighted by molar-refractivity contribution is -0.119. The Balaban J connectivity index is 2.80.